The average molecular weight is 429 g/mol. The van der Waals surface area contributed by atoms with Crippen molar-refractivity contribution in [2.45, 2.75) is 33.6 Å². The van der Waals surface area contributed by atoms with Crippen molar-refractivity contribution in [1.29, 1.82) is 0 Å². The fraction of sp³-hybridized carbons (Fsp3) is 0.333. The van der Waals surface area contributed by atoms with Crippen LogP contribution in [0.25, 0.3) is 5.65 Å². The molecule has 1 saturated heterocycles. The van der Waals surface area contributed by atoms with Crippen LogP contribution in [0.1, 0.15) is 32.8 Å². The Balaban J connectivity index is 1.48. The number of fused-ring (bicyclic) bond motifs is 1. The Labute approximate surface area is 187 Å². The minimum Gasteiger partial charge on any atom is -0.356 e. The number of pyridine rings is 2. The van der Waals surface area contributed by atoms with Crippen LogP contribution in [0.3, 0.4) is 0 Å². The summed E-state index contributed by atoms with van der Waals surface area (Å²) in [6.07, 6.45) is 9.60. The molecule has 2 N–H and O–H groups in total. The molecular weight excluding hydrogens is 400 g/mol. The molecule has 0 unspecified atom stereocenters. The van der Waals surface area contributed by atoms with E-state index in [-0.39, 0.29) is 5.41 Å². The minimum absolute atomic E-state index is 0.273. The van der Waals surface area contributed by atoms with E-state index >= 15 is 0 Å². The highest BCUT2D eigenvalue weighted by Crippen LogP contribution is 2.33. The van der Waals surface area contributed by atoms with Gasteiger partial charge >= 0.3 is 0 Å². The Morgan fingerprint density at radius 2 is 1.88 bits per heavy atom. The van der Waals surface area contributed by atoms with Crippen molar-refractivity contribution in [3.63, 3.8) is 0 Å². The maximum atomic E-state index is 4.82. The van der Waals surface area contributed by atoms with E-state index in [2.05, 4.69) is 46.3 Å². The van der Waals surface area contributed by atoms with E-state index < -0.39 is 0 Å². The van der Waals surface area contributed by atoms with Crippen LogP contribution in [0.4, 0.5) is 29.1 Å². The van der Waals surface area contributed by atoms with Crippen molar-refractivity contribution in [2.75, 3.05) is 28.6 Å². The summed E-state index contributed by atoms with van der Waals surface area (Å²) < 4.78 is 1.97. The van der Waals surface area contributed by atoms with E-state index in [1.54, 1.807) is 6.20 Å². The standard InChI is InChI=1S/C24H28N8/c1-4-17-5-8-25-19(13-17)28-23-29-20(15-22(30-23)32-11-7-24(2,3)16-32)27-18-6-10-31-12-9-26-21(31)14-18/h5-6,8-10,12-15H,4,7,11,16H2,1-3H3,(H2,25,27,28,29,30). The molecule has 0 amide bonds. The fourth-order valence-corrected chi connectivity index (χ4v) is 4.04. The minimum atomic E-state index is 0.273. The molecule has 4 aromatic heterocycles. The third-order valence-electron chi connectivity index (χ3n) is 5.86. The van der Waals surface area contributed by atoms with Crippen molar-refractivity contribution in [1.82, 2.24) is 24.3 Å². The largest absolute Gasteiger partial charge is 0.356 e. The fourth-order valence-electron chi connectivity index (χ4n) is 4.04. The summed E-state index contributed by atoms with van der Waals surface area (Å²) in [5.41, 5.74) is 3.29. The van der Waals surface area contributed by atoms with Gasteiger partial charge in [-0.1, -0.05) is 20.8 Å². The van der Waals surface area contributed by atoms with Crippen molar-refractivity contribution in [3.05, 3.63) is 60.7 Å². The van der Waals surface area contributed by atoms with Crippen molar-refractivity contribution in [3.8, 4) is 0 Å². The zero-order valence-corrected chi connectivity index (χ0v) is 18.7. The second kappa shape index (κ2) is 8.11. The monoisotopic (exact) mass is 428 g/mol. The molecule has 0 saturated carbocycles. The summed E-state index contributed by atoms with van der Waals surface area (Å²) in [5.74, 6) is 2.90. The van der Waals surface area contributed by atoms with E-state index in [1.165, 1.54) is 5.56 Å². The van der Waals surface area contributed by atoms with Crippen LogP contribution in [0.15, 0.2) is 55.1 Å². The molecule has 0 bridgehead atoms. The molecule has 8 nitrogen and oxygen atoms in total. The molecule has 0 radical (unpaired) electrons. The van der Waals surface area contributed by atoms with Crippen LogP contribution in [0.2, 0.25) is 0 Å². The van der Waals surface area contributed by atoms with Crippen molar-refractivity contribution >= 4 is 34.7 Å². The summed E-state index contributed by atoms with van der Waals surface area (Å²) in [5, 5.41) is 6.73. The molecule has 32 heavy (non-hydrogen) atoms. The van der Waals surface area contributed by atoms with E-state index in [9.17, 15) is 0 Å². The zero-order chi connectivity index (χ0) is 22.1. The number of aromatic nitrogens is 5. The molecule has 0 aliphatic carbocycles. The molecule has 5 rings (SSSR count). The van der Waals surface area contributed by atoms with E-state index in [0.717, 1.165) is 54.7 Å². The molecular formula is C24H28N8. The summed E-state index contributed by atoms with van der Waals surface area (Å²) in [6.45, 7) is 8.67. The highest BCUT2D eigenvalue weighted by Gasteiger charge is 2.30. The number of hydrogen-bond donors (Lipinski definition) is 2. The van der Waals surface area contributed by atoms with Gasteiger partial charge in [0.05, 0.1) is 0 Å². The van der Waals surface area contributed by atoms with Gasteiger partial charge in [-0.05, 0) is 42.0 Å². The molecule has 1 fully saturated rings. The van der Waals surface area contributed by atoms with Gasteiger partial charge in [0.1, 0.15) is 23.1 Å². The molecule has 164 valence electrons. The quantitative estimate of drug-likeness (QED) is 0.456. The third kappa shape index (κ3) is 4.34. The lowest BCUT2D eigenvalue weighted by Gasteiger charge is -2.22. The highest BCUT2D eigenvalue weighted by molar-refractivity contribution is 5.66. The molecule has 4 aromatic rings. The lowest BCUT2D eigenvalue weighted by molar-refractivity contribution is 0.418. The van der Waals surface area contributed by atoms with Gasteiger partial charge in [0.15, 0.2) is 0 Å². The van der Waals surface area contributed by atoms with Crippen LogP contribution in [0, 0.1) is 5.41 Å². The normalized spacial score (nSPS) is 15.3. The number of nitrogens with zero attached hydrogens (tertiary/aromatic N) is 6. The predicted octanol–water partition coefficient (Wildman–Crippen LogP) is 4.81. The number of anilines is 5. The topological polar surface area (TPSA) is 83.3 Å². The molecule has 8 heteroatoms. The molecule has 0 aromatic carbocycles. The third-order valence-corrected chi connectivity index (χ3v) is 5.86. The number of rotatable bonds is 6. The maximum Gasteiger partial charge on any atom is 0.232 e. The Bertz CT molecular complexity index is 1250. The van der Waals surface area contributed by atoms with Crippen LogP contribution in [-0.2, 0) is 6.42 Å². The number of hydrogen-bond acceptors (Lipinski definition) is 7. The first-order valence-electron chi connectivity index (χ1n) is 11.0. The van der Waals surface area contributed by atoms with E-state index in [4.69, 9.17) is 9.97 Å². The van der Waals surface area contributed by atoms with E-state index in [0.29, 0.717) is 5.95 Å². The van der Waals surface area contributed by atoms with Crippen LogP contribution >= 0.6 is 0 Å². The van der Waals surface area contributed by atoms with Crippen molar-refractivity contribution in [2.24, 2.45) is 5.41 Å². The summed E-state index contributed by atoms with van der Waals surface area (Å²) in [7, 11) is 0. The van der Waals surface area contributed by atoms with Crippen molar-refractivity contribution < 1.29 is 0 Å². The molecule has 0 atom stereocenters. The van der Waals surface area contributed by atoms with Crippen LogP contribution in [0.5, 0.6) is 0 Å². The molecule has 5 heterocycles. The summed E-state index contributed by atoms with van der Waals surface area (Å²) in [6, 6.07) is 10.1. The Hall–Kier alpha value is -3.68. The summed E-state index contributed by atoms with van der Waals surface area (Å²) >= 11 is 0. The van der Waals surface area contributed by atoms with Gasteiger partial charge in [0.25, 0.3) is 0 Å². The van der Waals surface area contributed by atoms with Crippen LogP contribution < -0.4 is 15.5 Å². The summed E-state index contributed by atoms with van der Waals surface area (Å²) in [4.78, 5) is 20.7. The van der Waals surface area contributed by atoms with Gasteiger partial charge < -0.3 is 19.9 Å². The molecule has 0 spiro atoms. The van der Waals surface area contributed by atoms with Gasteiger partial charge in [0, 0.05) is 55.7 Å². The second-order valence-electron chi connectivity index (χ2n) is 9.03. The smallest absolute Gasteiger partial charge is 0.232 e. The first-order chi connectivity index (χ1) is 15.5. The Morgan fingerprint density at radius 3 is 2.69 bits per heavy atom. The van der Waals surface area contributed by atoms with Gasteiger partial charge in [-0.25, -0.2) is 9.97 Å². The number of nitrogens with one attached hydrogen (secondary N) is 2. The first kappa shape index (κ1) is 20.2. The van der Waals surface area contributed by atoms with Gasteiger partial charge in [-0.3, -0.25) is 0 Å². The van der Waals surface area contributed by atoms with Gasteiger partial charge in [0.2, 0.25) is 5.95 Å². The molecule has 1 aliphatic heterocycles. The highest BCUT2D eigenvalue weighted by atomic mass is 15.3. The SMILES string of the molecule is CCc1ccnc(Nc2nc(Nc3ccn4ccnc4c3)cc(N3CCC(C)(C)C3)n2)c1. The Morgan fingerprint density at radius 1 is 0.969 bits per heavy atom. The lowest BCUT2D eigenvalue weighted by Crippen LogP contribution is -2.24. The van der Waals surface area contributed by atoms with E-state index in [1.807, 2.05) is 53.3 Å². The number of aryl methyl sites for hydroxylation is 1. The molecule has 1 aliphatic rings. The lowest BCUT2D eigenvalue weighted by atomic mass is 9.93. The predicted molar refractivity (Wildman–Crippen MR) is 128 cm³/mol. The van der Waals surface area contributed by atoms with Gasteiger partial charge in [-0.15, -0.1) is 0 Å². The second-order valence-corrected chi connectivity index (χ2v) is 9.03. The zero-order valence-electron chi connectivity index (χ0n) is 18.7. The van der Waals surface area contributed by atoms with Gasteiger partial charge in [-0.2, -0.15) is 9.97 Å². The average Bonchev–Trinajstić information content (AvgIpc) is 3.39. The maximum absolute atomic E-state index is 4.82. The number of imidazole rings is 1. The first-order valence-corrected chi connectivity index (χ1v) is 11.0. The Kier molecular flexibility index (Phi) is 5.13. The van der Waals surface area contributed by atoms with Crippen LogP contribution in [-0.4, -0.2) is 37.4 Å².